The quantitative estimate of drug-likeness (QED) is 0.498. The van der Waals surface area contributed by atoms with E-state index in [-0.39, 0.29) is 26.4 Å². The predicted molar refractivity (Wildman–Crippen MR) is 135 cm³/mol. The molecule has 2 heterocycles. The number of hydrogen-bond acceptors (Lipinski definition) is 6. The van der Waals surface area contributed by atoms with Gasteiger partial charge in [0, 0.05) is 23.6 Å². The zero-order valence-electron chi connectivity index (χ0n) is 20.5. The molecule has 0 radical (unpaired) electrons. The molecule has 5 rings (SSSR count). The molecule has 3 aromatic rings. The summed E-state index contributed by atoms with van der Waals surface area (Å²) in [6, 6.07) is 15.9. The number of nitrogens with zero attached hydrogens (tertiary/aromatic N) is 2. The Hall–Kier alpha value is -4.31. The second-order valence-electron chi connectivity index (χ2n) is 9.04. The van der Waals surface area contributed by atoms with Crippen molar-refractivity contribution >= 4 is 23.2 Å². The van der Waals surface area contributed by atoms with Crippen LogP contribution in [0, 0.1) is 17.6 Å². The van der Waals surface area contributed by atoms with Gasteiger partial charge in [-0.2, -0.15) is 0 Å². The second-order valence-corrected chi connectivity index (χ2v) is 9.04. The molecule has 2 aliphatic heterocycles. The van der Waals surface area contributed by atoms with Crippen molar-refractivity contribution in [3.63, 3.8) is 0 Å². The number of para-hydroxylation sites is 1. The molecule has 196 valence electrons. The lowest BCUT2D eigenvalue weighted by Gasteiger charge is -2.25. The van der Waals surface area contributed by atoms with Gasteiger partial charge in [0.05, 0.1) is 18.0 Å². The average Bonchev–Trinajstić information content (AvgIpc) is 3.35. The van der Waals surface area contributed by atoms with Crippen molar-refractivity contribution < 1.29 is 33.0 Å². The van der Waals surface area contributed by atoms with E-state index in [2.05, 4.69) is 10.3 Å². The van der Waals surface area contributed by atoms with Gasteiger partial charge in [0.2, 0.25) is 18.9 Å². The van der Waals surface area contributed by atoms with E-state index in [1.54, 1.807) is 37.3 Å². The number of aliphatic imine (C=N–C) groups is 1. The third-order valence-corrected chi connectivity index (χ3v) is 6.43. The van der Waals surface area contributed by atoms with Gasteiger partial charge in [-0.05, 0) is 48.4 Å². The van der Waals surface area contributed by atoms with Crippen LogP contribution in [0.1, 0.15) is 23.6 Å². The number of aliphatic hydroxyl groups excluding tert-OH is 1. The lowest BCUT2D eigenvalue weighted by molar-refractivity contribution is -0.129. The van der Waals surface area contributed by atoms with Crippen LogP contribution in [-0.4, -0.2) is 48.7 Å². The molecular weight excluding hydrogens is 496 g/mol. The van der Waals surface area contributed by atoms with Crippen LogP contribution in [0.15, 0.2) is 65.7 Å². The van der Waals surface area contributed by atoms with E-state index in [1.165, 1.54) is 11.0 Å². The van der Waals surface area contributed by atoms with E-state index in [0.717, 1.165) is 12.1 Å². The number of benzene rings is 3. The van der Waals surface area contributed by atoms with E-state index in [1.807, 2.05) is 12.1 Å². The van der Waals surface area contributed by atoms with Crippen molar-refractivity contribution in [2.45, 2.75) is 19.5 Å². The lowest BCUT2D eigenvalue weighted by atomic mass is 9.99. The van der Waals surface area contributed by atoms with Gasteiger partial charge in [-0.3, -0.25) is 9.59 Å². The van der Waals surface area contributed by atoms with Gasteiger partial charge >= 0.3 is 0 Å². The number of amides is 2. The Morgan fingerprint density at radius 3 is 2.68 bits per heavy atom. The first-order chi connectivity index (χ1) is 18.4. The molecule has 2 atom stereocenters. The molecule has 0 saturated heterocycles. The molecule has 38 heavy (non-hydrogen) atoms. The molecule has 0 spiro atoms. The summed E-state index contributed by atoms with van der Waals surface area (Å²) in [7, 11) is 0. The van der Waals surface area contributed by atoms with Gasteiger partial charge in [0.15, 0.2) is 23.1 Å². The molecule has 2 amide bonds. The van der Waals surface area contributed by atoms with Crippen molar-refractivity contribution in [3.05, 3.63) is 89.0 Å². The molecule has 0 unspecified atom stereocenters. The smallest absolute Gasteiger partial charge is 0.272 e. The van der Waals surface area contributed by atoms with Gasteiger partial charge in [0.25, 0.3) is 5.91 Å². The van der Waals surface area contributed by atoms with Crippen LogP contribution in [0.4, 0.5) is 14.5 Å². The number of anilines is 1. The molecule has 0 bridgehead atoms. The minimum atomic E-state index is -1.30. The fourth-order valence-electron chi connectivity index (χ4n) is 4.52. The van der Waals surface area contributed by atoms with E-state index in [0.29, 0.717) is 39.6 Å². The summed E-state index contributed by atoms with van der Waals surface area (Å²) in [5.74, 6) is -2.52. The summed E-state index contributed by atoms with van der Waals surface area (Å²) in [5, 5.41) is 12.4. The number of aliphatic hydroxyl groups is 1. The van der Waals surface area contributed by atoms with Gasteiger partial charge in [-0.15, -0.1) is 0 Å². The molecule has 2 N–H and O–H groups in total. The van der Waals surface area contributed by atoms with Gasteiger partial charge < -0.3 is 24.8 Å². The van der Waals surface area contributed by atoms with E-state index < -0.39 is 35.5 Å². The normalized spacial score (nSPS) is 16.9. The standard InChI is InChI=1S/C28H25F2N3O5/c1-16(12-17-6-8-20(29)21(30)13-17)27(35)32-26-28(36)33(10-11-34)22-5-3-2-4-19(22)25(31-26)18-7-9-23-24(14-18)38-15-37-23/h2-9,13-14,16,26,34H,10-12,15H2,1H3,(H,32,35)/t16-,26+/m0/s1. The number of benzodiazepines with no additional fused rings is 1. The monoisotopic (exact) mass is 521 g/mol. The van der Waals surface area contributed by atoms with Crippen molar-refractivity contribution in [3.8, 4) is 11.5 Å². The van der Waals surface area contributed by atoms with Crippen LogP contribution in [0.5, 0.6) is 11.5 Å². The highest BCUT2D eigenvalue weighted by atomic mass is 19.2. The Balaban J connectivity index is 1.49. The minimum Gasteiger partial charge on any atom is -0.454 e. The Kier molecular flexibility index (Phi) is 7.06. The van der Waals surface area contributed by atoms with Crippen molar-refractivity contribution in [1.29, 1.82) is 0 Å². The highest BCUT2D eigenvalue weighted by Gasteiger charge is 2.34. The van der Waals surface area contributed by atoms with Gasteiger partial charge in [-0.1, -0.05) is 31.2 Å². The first-order valence-corrected chi connectivity index (χ1v) is 12.1. The minimum absolute atomic E-state index is 0.00341. The highest BCUT2D eigenvalue weighted by Crippen LogP contribution is 2.35. The first kappa shape index (κ1) is 25.3. The van der Waals surface area contributed by atoms with Crippen molar-refractivity contribution in [2.75, 3.05) is 24.8 Å². The molecule has 0 aliphatic carbocycles. The number of carbonyl (C=O) groups excluding carboxylic acids is 2. The van der Waals surface area contributed by atoms with E-state index in [4.69, 9.17) is 9.47 Å². The van der Waals surface area contributed by atoms with Crippen LogP contribution in [0.25, 0.3) is 0 Å². The lowest BCUT2D eigenvalue weighted by Crippen LogP contribution is -2.49. The molecule has 0 saturated carbocycles. The fourth-order valence-corrected chi connectivity index (χ4v) is 4.52. The van der Waals surface area contributed by atoms with Crippen molar-refractivity contribution in [1.82, 2.24) is 5.32 Å². The van der Waals surface area contributed by atoms with E-state index >= 15 is 0 Å². The average molecular weight is 522 g/mol. The maximum atomic E-state index is 13.7. The Morgan fingerprint density at radius 2 is 1.89 bits per heavy atom. The Bertz CT molecular complexity index is 1430. The molecule has 10 heteroatoms. The topological polar surface area (TPSA) is 100 Å². The van der Waals surface area contributed by atoms with Crippen LogP contribution in [0.3, 0.4) is 0 Å². The second kappa shape index (κ2) is 10.6. The first-order valence-electron chi connectivity index (χ1n) is 12.1. The largest absolute Gasteiger partial charge is 0.454 e. The maximum Gasteiger partial charge on any atom is 0.272 e. The third kappa shape index (κ3) is 4.95. The summed E-state index contributed by atoms with van der Waals surface area (Å²) in [6.07, 6.45) is -1.17. The van der Waals surface area contributed by atoms with Gasteiger partial charge in [-0.25, -0.2) is 13.8 Å². The number of hydrogen-bond donors (Lipinski definition) is 2. The number of ether oxygens (including phenoxy) is 2. The molecule has 8 nitrogen and oxygen atoms in total. The number of halogens is 2. The number of nitrogens with one attached hydrogen (secondary N) is 1. The summed E-state index contributed by atoms with van der Waals surface area (Å²) in [6.45, 7) is 1.42. The number of β-amino-alcohol motifs (C(OH)–C–C–N with tert-alkyl or cyclic N) is 1. The SMILES string of the molecule is C[C@@H](Cc1ccc(F)c(F)c1)C(=O)N[C@H]1N=C(c2ccc3c(c2)OCO3)c2ccccc2N(CCO)C1=O. The molecule has 2 aliphatic rings. The number of fused-ring (bicyclic) bond motifs is 2. The van der Waals surface area contributed by atoms with Crippen LogP contribution in [-0.2, 0) is 16.0 Å². The third-order valence-electron chi connectivity index (χ3n) is 6.43. The Morgan fingerprint density at radius 1 is 1.11 bits per heavy atom. The zero-order chi connectivity index (χ0) is 26.8. The molecule has 0 fully saturated rings. The summed E-state index contributed by atoms with van der Waals surface area (Å²) >= 11 is 0. The van der Waals surface area contributed by atoms with Gasteiger partial charge in [0.1, 0.15) is 0 Å². The fraction of sp³-hybridized carbons (Fsp3) is 0.250. The predicted octanol–water partition coefficient (Wildman–Crippen LogP) is 3.19. The zero-order valence-corrected chi connectivity index (χ0v) is 20.5. The number of rotatable bonds is 7. The van der Waals surface area contributed by atoms with Crippen molar-refractivity contribution in [2.24, 2.45) is 10.9 Å². The molecule has 3 aromatic carbocycles. The van der Waals surface area contributed by atoms with Crippen LogP contribution < -0.4 is 19.7 Å². The maximum absolute atomic E-state index is 13.7. The van der Waals surface area contributed by atoms with E-state index in [9.17, 15) is 23.5 Å². The summed E-state index contributed by atoms with van der Waals surface area (Å²) < 4.78 is 37.9. The number of carbonyl (C=O) groups is 2. The van der Waals surface area contributed by atoms with Crippen LogP contribution in [0.2, 0.25) is 0 Å². The van der Waals surface area contributed by atoms with Crippen LogP contribution >= 0.6 is 0 Å². The molecular formula is C28H25F2N3O5. The molecule has 0 aromatic heterocycles. The summed E-state index contributed by atoms with van der Waals surface area (Å²) in [5.41, 5.74) is 2.72. The Labute approximate surface area is 217 Å². The summed E-state index contributed by atoms with van der Waals surface area (Å²) in [4.78, 5) is 32.9. The highest BCUT2D eigenvalue weighted by molar-refractivity contribution is 6.20.